The Morgan fingerprint density at radius 2 is 1.83 bits per heavy atom. The summed E-state index contributed by atoms with van der Waals surface area (Å²) in [4.78, 5) is 15.2. The summed E-state index contributed by atoms with van der Waals surface area (Å²) >= 11 is 17.6. The zero-order valence-electron chi connectivity index (χ0n) is 8.82. The number of pyridine rings is 1. The monoisotopic (exact) mass is 301 g/mol. The molecule has 92 valence electrons. The van der Waals surface area contributed by atoms with Crippen LogP contribution in [0.25, 0.3) is 11.3 Å². The van der Waals surface area contributed by atoms with E-state index in [1.165, 1.54) is 12.3 Å². The second-order valence-electron chi connectivity index (χ2n) is 3.48. The lowest BCUT2D eigenvalue weighted by molar-refractivity contribution is 0.0697. The summed E-state index contributed by atoms with van der Waals surface area (Å²) in [5, 5.41) is 10.2. The van der Waals surface area contributed by atoms with Crippen LogP contribution in [0.1, 0.15) is 10.4 Å². The van der Waals surface area contributed by atoms with E-state index >= 15 is 0 Å². The summed E-state index contributed by atoms with van der Waals surface area (Å²) in [5.74, 6) is -1.13. The molecule has 0 amide bonds. The zero-order valence-corrected chi connectivity index (χ0v) is 11.1. The standard InChI is InChI=1S/C12H6Cl3NO2/c13-6-1-2-10(15)8(3-6)11-9(12(17)18)4-7(14)5-16-11/h1-5H,(H,17,18). The van der Waals surface area contributed by atoms with Crippen LogP contribution in [-0.4, -0.2) is 16.1 Å². The molecule has 0 radical (unpaired) electrons. The first-order valence-corrected chi connectivity index (χ1v) is 5.96. The van der Waals surface area contributed by atoms with Crippen LogP contribution in [0, 0.1) is 0 Å². The van der Waals surface area contributed by atoms with E-state index in [4.69, 9.17) is 39.9 Å². The second kappa shape index (κ2) is 5.14. The van der Waals surface area contributed by atoms with E-state index in [1.807, 2.05) is 0 Å². The van der Waals surface area contributed by atoms with Gasteiger partial charge in [0.05, 0.1) is 21.3 Å². The van der Waals surface area contributed by atoms with Crippen LogP contribution in [-0.2, 0) is 0 Å². The average molecular weight is 303 g/mol. The van der Waals surface area contributed by atoms with E-state index in [0.717, 1.165) is 0 Å². The largest absolute Gasteiger partial charge is 0.478 e. The molecule has 1 aromatic heterocycles. The van der Waals surface area contributed by atoms with Crippen molar-refractivity contribution < 1.29 is 9.90 Å². The van der Waals surface area contributed by atoms with Crippen LogP contribution in [0.15, 0.2) is 30.5 Å². The summed E-state index contributed by atoms with van der Waals surface area (Å²) in [7, 11) is 0. The van der Waals surface area contributed by atoms with Gasteiger partial charge < -0.3 is 5.11 Å². The molecule has 0 aliphatic heterocycles. The molecular formula is C12H6Cl3NO2. The second-order valence-corrected chi connectivity index (χ2v) is 4.76. The van der Waals surface area contributed by atoms with Crippen molar-refractivity contribution in [3.63, 3.8) is 0 Å². The fourth-order valence-corrected chi connectivity index (χ4v) is 2.03. The van der Waals surface area contributed by atoms with Gasteiger partial charge in [0, 0.05) is 16.8 Å². The summed E-state index contributed by atoms with van der Waals surface area (Å²) in [5.41, 5.74) is 0.671. The fraction of sp³-hybridized carbons (Fsp3) is 0. The van der Waals surface area contributed by atoms with Crippen molar-refractivity contribution in [1.29, 1.82) is 0 Å². The minimum atomic E-state index is -1.13. The third-order valence-electron chi connectivity index (χ3n) is 2.27. The maximum atomic E-state index is 11.2. The van der Waals surface area contributed by atoms with Crippen LogP contribution in [0.3, 0.4) is 0 Å². The molecule has 0 bridgehead atoms. The lowest BCUT2D eigenvalue weighted by atomic mass is 10.1. The number of benzene rings is 1. The third kappa shape index (κ3) is 2.58. The Labute approximate surface area is 118 Å². The van der Waals surface area contributed by atoms with Crippen molar-refractivity contribution in [3.8, 4) is 11.3 Å². The molecule has 0 spiro atoms. The van der Waals surface area contributed by atoms with Gasteiger partial charge in [0.2, 0.25) is 0 Å². The Kier molecular flexibility index (Phi) is 3.76. The molecule has 0 saturated heterocycles. The number of halogens is 3. The lowest BCUT2D eigenvalue weighted by Crippen LogP contribution is -2.02. The Balaban J connectivity index is 2.70. The van der Waals surface area contributed by atoms with Crippen LogP contribution in [0.4, 0.5) is 0 Å². The molecule has 1 heterocycles. The van der Waals surface area contributed by atoms with Gasteiger partial charge in [-0.05, 0) is 24.3 Å². The number of hydrogen-bond acceptors (Lipinski definition) is 2. The molecule has 0 fully saturated rings. The molecule has 1 N–H and O–H groups in total. The number of carbonyl (C=O) groups is 1. The first kappa shape index (κ1) is 13.1. The highest BCUT2D eigenvalue weighted by Gasteiger charge is 2.16. The number of rotatable bonds is 2. The van der Waals surface area contributed by atoms with Gasteiger partial charge in [-0.2, -0.15) is 0 Å². The zero-order chi connectivity index (χ0) is 13.3. The Morgan fingerprint density at radius 3 is 2.50 bits per heavy atom. The molecular weight excluding hydrogens is 296 g/mol. The molecule has 3 nitrogen and oxygen atoms in total. The minimum Gasteiger partial charge on any atom is -0.478 e. The number of aromatic nitrogens is 1. The van der Waals surface area contributed by atoms with Crippen molar-refractivity contribution in [2.24, 2.45) is 0 Å². The Morgan fingerprint density at radius 1 is 1.11 bits per heavy atom. The number of carboxylic acids is 1. The molecule has 2 rings (SSSR count). The van der Waals surface area contributed by atoms with Crippen molar-refractivity contribution in [3.05, 3.63) is 51.1 Å². The van der Waals surface area contributed by atoms with Gasteiger partial charge in [-0.3, -0.25) is 4.98 Å². The van der Waals surface area contributed by atoms with E-state index in [-0.39, 0.29) is 16.3 Å². The predicted octanol–water partition coefficient (Wildman–Crippen LogP) is 4.41. The Bertz CT molecular complexity index is 629. The van der Waals surface area contributed by atoms with Crippen molar-refractivity contribution >= 4 is 40.8 Å². The molecule has 18 heavy (non-hydrogen) atoms. The third-order valence-corrected chi connectivity index (χ3v) is 3.04. The number of hydrogen-bond donors (Lipinski definition) is 1. The quantitative estimate of drug-likeness (QED) is 0.894. The Hall–Kier alpha value is -1.29. The smallest absolute Gasteiger partial charge is 0.337 e. The van der Waals surface area contributed by atoms with E-state index in [1.54, 1.807) is 18.2 Å². The number of aromatic carboxylic acids is 1. The lowest BCUT2D eigenvalue weighted by Gasteiger charge is -2.08. The van der Waals surface area contributed by atoms with E-state index in [9.17, 15) is 4.79 Å². The fourth-order valence-electron chi connectivity index (χ4n) is 1.50. The van der Waals surface area contributed by atoms with Gasteiger partial charge in [0.15, 0.2) is 0 Å². The van der Waals surface area contributed by atoms with Crippen molar-refractivity contribution in [2.45, 2.75) is 0 Å². The number of carboxylic acid groups (broad SMARTS) is 1. The molecule has 0 unspecified atom stereocenters. The van der Waals surface area contributed by atoms with E-state index < -0.39 is 5.97 Å². The number of nitrogens with zero attached hydrogens (tertiary/aromatic N) is 1. The summed E-state index contributed by atoms with van der Waals surface area (Å²) in [6, 6.07) is 6.08. The highest BCUT2D eigenvalue weighted by Crippen LogP contribution is 2.32. The van der Waals surface area contributed by atoms with E-state index in [2.05, 4.69) is 4.98 Å². The first-order valence-electron chi connectivity index (χ1n) is 4.83. The van der Waals surface area contributed by atoms with Crippen LogP contribution < -0.4 is 0 Å². The van der Waals surface area contributed by atoms with Gasteiger partial charge in [-0.25, -0.2) is 4.79 Å². The maximum absolute atomic E-state index is 11.2. The normalized spacial score (nSPS) is 10.4. The van der Waals surface area contributed by atoms with Gasteiger partial charge >= 0.3 is 5.97 Å². The highest BCUT2D eigenvalue weighted by atomic mass is 35.5. The molecule has 0 atom stereocenters. The summed E-state index contributed by atoms with van der Waals surface area (Å²) in [6.45, 7) is 0. The topological polar surface area (TPSA) is 50.2 Å². The maximum Gasteiger partial charge on any atom is 0.337 e. The van der Waals surface area contributed by atoms with Crippen LogP contribution >= 0.6 is 34.8 Å². The van der Waals surface area contributed by atoms with Crippen molar-refractivity contribution in [1.82, 2.24) is 4.98 Å². The molecule has 6 heteroatoms. The predicted molar refractivity (Wildman–Crippen MR) is 71.7 cm³/mol. The average Bonchev–Trinajstić information content (AvgIpc) is 2.32. The minimum absolute atomic E-state index is 0.0216. The van der Waals surface area contributed by atoms with Crippen molar-refractivity contribution in [2.75, 3.05) is 0 Å². The summed E-state index contributed by atoms with van der Waals surface area (Å²) in [6.07, 6.45) is 1.36. The van der Waals surface area contributed by atoms with Crippen LogP contribution in [0.2, 0.25) is 15.1 Å². The van der Waals surface area contributed by atoms with Gasteiger partial charge in [-0.1, -0.05) is 34.8 Å². The molecule has 1 aromatic carbocycles. The van der Waals surface area contributed by atoms with Crippen LogP contribution in [0.5, 0.6) is 0 Å². The molecule has 2 aromatic rings. The SMILES string of the molecule is O=C(O)c1cc(Cl)cnc1-c1cc(Cl)ccc1Cl. The van der Waals surface area contributed by atoms with Gasteiger partial charge in [0.25, 0.3) is 0 Å². The summed E-state index contributed by atoms with van der Waals surface area (Å²) < 4.78 is 0. The van der Waals surface area contributed by atoms with E-state index in [0.29, 0.717) is 15.6 Å². The first-order chi connectivity index (χ1) is 8.49. The molecule has 0 saturated carbocycles. The molecule has 0 aliphatic carbocycles. The van der Waals surface area contributed by atoms with Gasteiger partial charge in [0.1, 0.15) is 0 Å². The highest BCUT2D eigenvalue weighted by molar-refractivity contribution is 6.35. The molecule has 0 aliphatic rings. The van der Waals surface area contributed by atoms with Gasteiger partial charge in [-0.15, -0.1) is 0 Å².